The van der Waals surface area contributed by atoms with Gasteiger partial charge in [-0.1, -0.05) is 36.4 Å². The monoisotopic (exact) mass is 334 g/mol. The van der Waals surface area contributed by atoms with Crippen LogP contribution in [0.2, 0.25) is 0 Å². The van der Waals surface area contributed by atoms with E-state index in [1.165, 1.54) is 0 Å². The molecule has 0 N–H and O–H groups in total. The highest BCUT2D eigenvalue weighted by Gasteiger charge is 2.19. The third kappa shape index (κ3) is 3.28. The zero-order valence-corrected chi connectivity index (χ0v) is 13.2. The molecule has 0 radical (unpaired) electrons. The maximum Gasteiger partial charge on any atom is 0.338 e. The number of hydrogen-bond acceptors (Lipinski definition) is 6. The number of rotatable bonds is 4. The molecule has 25 heavy (non-hydrogen) atoms. The maximum atomic E-state index is 12.2. The normalized spacial score (nSPS) is 12.7. The zero-order chi connectivity index (χ0) is 17.1. The summed E-state index contributed by atoms with van der Waals surface area (Å²) in [5, 5.41) is 7.86. The number of ether oxygens (including phenoxy) is 2. The van der Waals surface area contributed by atoms with Gasteiger partial charge in [0.15, 0.2) is 6.61 Å². The lowest BCUT2D eigenvalue weighted by Crippen LogP contribution is -2.17. The maximum absolute atomic E-state index is 12.2. The van der Waals surface area contributed by atoms with Gasteiger partial charge >= 0.3 is 5.97 Å². The molecule has 1 aliphatic rings. The van der Waals surface area contributed by atoms with E-state index in [-0.39, 0.29) is 19.1 Å². The molecule has 0 saturated carbocycles. The second kappa shape index (κ2) is 6.60. The van der Waals surface area contributed by atoms with E-state index in [1.807, 2.05) is 54.6 Å². The minimum Gasteiger partial charge on any atom is -0.488 e. The van der Waals surface area contributed by atoms with Crippen molar-refractivity contribution in [1.29, 1.82) is 0 Å². The molecular formula is C19H14N2O4. The smallest absolute Gasteiger partial charge is 0.338 e. The molecule has 0 atom stereocenters. The van der Waals surface area contributed by atoms with Gasteiger partial charge < -0.3 is 13.9 Å². The molecule has 0 aliphatic carbocycles. The first-order valence-electron chi connectivity index (χ1n) is 7.77. The molecule has 2 heterocycles. The van der Waals surface area contributed by atoms with Gasteiger partial charge in [0.05, 0.1) is 5.57 Å². The van der Waals surface area contributed by atoms with Crippen molar-refractivity contribution in [3.05, 3.63) is 71.6 Å². The van der Waals surface area contributed by atoms with E-state index in [9.17, 15) is 4.79 Å². The van der Waals surface area contributed by atoms with Crippen molar-refractivity contribution >= 4 is 12.0 Å². The lowest BCUT2D eigenvalue weighted by Gasteiger charge is -2.16. The fraction of sp³-hybridized carbons (Fsp3) is 0.105. The molecule has 6 heteroatoms. The fourth-order valence-corrected chi connectivity index (χ4v) is 2.46. The summed E-state index contributed by atoms with van der Waals surface area (Å²) in [7, 11) is 0. The first kappa shape index (κ1) is 15.1. The van der Waals surface area contributed by atoms with Crippen LogP contribution in [0.3, 0.4) is 0 Å². The van der Waals surface area contributed by atoms with Crippen molar-refractivity contribution in [3.63, 3.8) is 0 Å². The fourth-order valence-electron chi connectivity index (χ4n) is 2.46. The topological polar surface area (TPSA) is 74.5 Å². The molecule has 0 spiro atoms. The largest absolute Gasteiger partial charge is 0.488 e. The van der Waals surface area contributed by atoms with Gasteiger partial charge in [0.2, 0.25) is 5.89 Å². The molecular weight excluding hydrogens is 320 g/mol. The standard InChI is InChI=1S/C19H14N2O4/c22-19(15-10-14-8-4-5-9-16(14)23-11-15)24-12-17-20-21-18(25-17)13-6-2-1-3-7-13/h1-10H,11-12H2. The Labute approximate surface area is 143 Å². The summed E-state index contributed by atoms with van der Waals surface area (Å²) in [6.45, 7) is 0.0899. The Bertz CT molecular complexity index is 931. The van der Waals surface area contributed by atoms with Crippen LogP contribution in [0.4, 0.5) is 0 Å². The first-order valence-corrected chi connectivity index (χ1v) is 7.77. The van der Waals surface area contributed by atoms with Gasteiger partial charge in [-0.25, -0.2) is 4.79 Å². The number of fused-ring (bicyclic) bond motifs is 1. The summed E-state index contributed by atoms with van der Waals surface area (Å²) in [5.41, 5.74) is 2.11. The highest BCUT2D eigenvalue weighted by molar-refractivity contribution is 5.95. The van der Waals surface area contributed by atoms with E-state index in [0.717, 1.165) is 16.9 Å². The van der Waals surface area contributed by atoms with Crippen LogP contribution < -0.4 is 4.74 Å². The number of benzene rings is 2. The second-order valence-corrected chi connectivity index (χ2v) is 5.44. The third-order valence-electron chi connectivity index (χ3n) is 3.71. The van der Waals surface area contributed by atoms with Crippen molar-refractivity contribution in [3.8, 4) is 17.2 Å². The van der Waals surface area contributed by atoms with Crippen LogP contribution in [0, 0.1) is 0 Å². The lowest BCUT2D eigenvalue weighted by atomic mass is 10.1. The van der Waals surface area contributed by atoms with Crippen LogP contribution in [0.1, 0.15) is 11.5 Å². The van der Waals surface area contributed by atoms with Gasteiger partial charge in [-0.2, -0.15) is 0 Å². The van der Waals surface area contributed by atoms with E-state index in [4.69, 9.17) is 13.9 Å². The molecule has 2 aromatic carbocycles. The quantitative estimate of drug-likeness (QED) is 0.682. The summed E-state index contributed by atoms with van der Waals surface area (Å²) >= 11 is 0. The van der Waals surface area contributed by atoms with Gasteiger partial charge in [-0.3, -0.25) is 0 Å². The molecule has 0 saturated heterocycles. The van der Waals surface area contributed by atoms with Gasteiger partial charge in [0, 0.05) is 11.1 Å². The van der Waals surface area contributed by atoms with E-state index >= 15 is 0 Å². The van der Waals surface area contributed by atoms with Crippen LogP contribution in [-0.4, -0.2) is 22.8 Å². The van der Waals surface area contributed by atoms with E-state index in [0.29, 0.717) is 11.5 Å². The highest BCUT2D eigenvalue weighted by atomic mass is 16.5. The van der Waals surface area contributed by atoms with Crippen LogP contribution >= 0.6 is 0 Å². The Kier molecular flexibility index (Phi) is 4.00. The van der Waals surface area contributed by atoms with E-state index in [2.05, 4.69) is 10.2 Å². The Hall–Kier alpha value is -3.41. The minimum absolute atomic E-state index is 0.0857. The molecule has 0 fully saturated rings. The second-order valence-electron chi connectivity index (χ2n) is 5.44. The molecule has 124 valence electrons. The highest BCUT2D eigenvalue weighted by Crippen LogP contribution is 2.26. The summed E-state index contributed by atoms with van der Waals surface area (Å²) in [6, 6.07) is 16.9. The van der Waals surface area contributed by atoms with Crippen molar-refractivity contribution in [2.24, 2.45) is 0 Å². The number of nitrogens with zero attached hydrogens (tertiary/aromatic N) is 2. The van der Waals surface area contributed by atoms with Gasteiger partial charge in [-0.05, 0) is 24.3 Å². The van der Waals surface area contributed by atoms with Crippen LogP contribution in [0.15, 0.2) is 64.6 Å². The summed E-state index contributed by atoms with van der Waals surface area (Å²) in [5.74, 6) is 0.920. The van der Waals surface area contributed by atoms with Gasteiger partial charge in [-0.15, -0.1) is 10.2 Å². The molecule has 1 aromatic heterocycles. The Morgan fingerprint density at radius 2 is 1.84 bits per heavy atom. The number of aromatic nitrogens is 2. The van der Waals surface area contributed by atoms with Crippen molar-refractivity contribution < 1.29 is 18.7 Å². The lowest BCUT2D eigenvalue weighted by molar-refractivity contribution is -0.141. The Morgan fingerprint density at radius 1 is 1.04 bits per heavy atom. The number of para-hydroxylation sites is 1. The van der Waals surface area contributed by atoms with Gasteiger partial charge in [0.1, 0.15) is 12.4 Å². The molecule has 6 nitrogen and oxygen atoms in total. The van der Waals surface area contributed by atoms with Crippen molar-refractivity contribution in [2.75, 3.05) is 6.61 Å². The summed E-state index contributed by atoms with van der Waals surface area (Å²) < 4.78 is 16.3. The average molecular weight is 334 g/mol. The molecule has 3 aromatic rings. The van der Waals surface area contributed by atoms with Gasteiger partial charge in [0.25, 0.3) is 5.89 Å². The SMILES string of the molecule is O=C(OCc1nnc(-c2ccccc2)o1)C1=Cc2ccccc2OC1. The van der Waals surface area contributed by atoms with Crippen LogP contribution in [0.5, 0.6) is 5.75 Å². The molecule has 0 bridgehead atoms. The van der Waals surface area contributed by atoms with E-state index in [1.54, 1.807) is 6.08 Å². The molecule has 1 aliphatic heterocycles. The molecule has 4 rings (SSSR count). The number of carbonyl (C=O) groups excluding carboxylic acids is 1. The molecule has 0 amide bonds. The summed E-state index contributed by atoms with van der Waals surface area (Å²) in [4.78, 5) is 12.2. The zero-order valence-electron chi connectivity index (χ0n) is 13.2. The summed E-state index contributed by atoms with van der Waals surface area (Å²) in [6.07, 6.45) is 1.77. The number of hydrogen-bond donors (Lipinski definition) is 0. The van der Waals surface area contributed by atoms with Crippen LogP contribution in [-0.2, 0) is 16.1 Å². The predicted molar refractivity (Wildman–Crippen MR) is 89.4 cm³/mol. The minimum atomic E-state index is -0.464. The number of carbonyl (C=O) groups is 1. The first-order chi connectivity index (χ1) is 12.3. The van der Waals surface area contributed by atoms with E-state index < -0.39 is 5.97 Å². The third-order valence-corrected chi connectivity index (χ3v) is 3.71. The predicted octanol–water partition coefficient (Wildman–Crippen LogP) is 3.26. The Balaban J connectivity index is 1.42. The number of esters is 1. The Morgan fingerprint density at radius 3 is 2.72 bits per heavy atom. The van der Waals surface area contributed by atoms with Crippen molar-refractivity contribution in [1.82, 2.24) is 10.2 Å². The molecule has 0 unspecified atom stereocenters. The van der Waals surface area contributed by atoms with Crippen LogP contribution in [0.25, 0.3) is 17.5 Å². The van der Waals surface area contributed by atoms with Crippen molar-refractivity contribution in [2.45, 2.75) is 6.61 Å². The average Bonchev–Trinajstić information content (AvgIpc) is 3.15.